The number of carboxylic acid groups (broad SMARTS) is 1. The van der Waals surface area contributed by atoms with E-state index in [1.54, 1.807) is 12.5 Å². The van der Waals surface area contributed by atoms with Crippen molar-refractivity contribution in [2.75, 3.05) is 39.3 Å². The van der Waals surface area contributed by atoms with E-state index >= 15 is 0 Å². The molecule has 3 unspecified atom stereocenters. The molecule has 190 valence electrons. The molecule has 2 aromatic rings. The van der Waals surface area contributed by atoms with Crippen molar-refractivity contribution in [2.45, 2.75) is 51.1 Å². The minimum atomic E-state index is -0.817. The Morgan fingerprint density at radius 3 is 2.89 bits per heavy atom. The van der Waals surface area contributed by atoms with E-state index in [4.69, 9.17) is 10.5 Å². The molecule has 9 heteroatoms. The molecule has 3 N–H and O–H groups in total. The Kier molecular flexibility index (Phi) is 8.41. The second kappa shape index (κ2) is 11.7. The fourth-order valence-corrected chi connectivity index (χ4v) is 5.47. The number of fused-ring (bicyclic) bond motifs is 1. The van der Waals surface area contributed by atoms with Gasteiger partial charge in [-0.15, -0.1) is 0 Å². The minimum absolute atomic E-state index is 0.0173. The van der Waals surface area contributed by atoms with E-state index in [0.717, 1.165) is 36.1 Å². The molecule has 0 aliphatic carbocycles. The number of imidazole rings is 1. The number of carboxylic acids is 1. The van der Waals surface area contributed by atoms with E-state index in [0.29, 0.717) is 45.8 Å². The smallest absolute Gasteiger partial charge is 0.308 e. The average Bonchev–Trinajstić information content (AvgIpc) is 3.59. The lowest BCUT2D eigenvalue weighted by Crippen LogP contribution is -2.46. The van der Waals surface area contributed by atoms with Crippen LogP contribution in [0.15, 0.2) is 36.9 Å². The monoisotopic (exact) mass is 483 g/mol. The van der Waals surface area contributed by atoms with Gasteiger partial charge in [0.15, 0.2) is 0 Å². The number of amides is 1. The van der Waals surface area contributed by atoms with Gasteiger partial charge in [-0.2, -0.15) is 0 Å². The van der Waals surface area contributed by atoms with Crippen molar-refractivity contribution in [1.29, 1.82) is 0 Å². The zero-order chi connectivity index (χ0) is 24.8. The highest BCUT2D eigenvalue weighted by molar-refractivity contribution is 5.79. The summed E-state index contributed by atoms with van der Waals surface area (Å²) < 4.78 is 7.61. The van der Waals surface area contributed by atoms with Crippen molar-refractivity contribution in [3.8, 4) is 5.75 Å². The van der Waals surface area contributed by atoms with Gasteiger partial charge in [-0.05, 0) is 30.0 Å². The maximum absolute atomic E-state index is 13.3. The van der Waals surface area contributed by atoms with Crippen LogP contribution in [-0.4, -0.2) is 81.7 Å². The Morgan fingerprint density at radius 2 is 2.17 bits per heavy atom. The van der Waals surface area contributed by atoms with Crippen LogP contribution in [0.3, 0.4) is 0 Å². The topological polar surface area (TPSA) is 114 Å². The van der Waals surface area contributed by atoms with Crippen molar-refractivity contribution in [3.63, 3.8) is 0 Å². The first-order chi connectivity index (χ1) is 17.0. The van der Waals surface area contributed by atoms with Gasteiger partial charge in [0.2, 0.25) is 5.91 Å². The molecule has 0 bridgehead atoms. The molecule has 0 saturated carbocycles. The quantitative estimate of drug-likeness (QED) is 0.474. The molecule has 0 spiro atoms. The molecule has 4 rings (SSSR count). The van der Waals surface area contributed by atoms with Crippen LogP contribution in [0.1, 0.15) is 43.2 Å². The van der Waals surface area contributed by atoms with Gasteiger partial charge in [0.25, 0.3) is 0 Å². The van der Waals surface area contributed by atoms with E-state index in [2.05, 4.69) is 22.9 Å². The molecular weight excluding hydrogens is 446 g/mol. The maximum atomic E-state index is 13.3. The number of nitrogens with two attached hydrogens (primary N) is 1. The maximum Gasteiger partial charge on any atom is 0.308 e. The summed E-state index contributed by atoms with van der Waals surface area (Å²) in [5.41, 5.74) is 7.91. The standard InChI is InChI=1S/C26H37N5O4/c1-2-3-10-30(12-8-27)24(32)17-31-16-21(19-4-5-23-20(15-19)7-14-35-23)25(26(33)34)22(31)6-11-29-13-9-28-18-29/h4-5,9,13,15,18,21-22,25H,2-3,6-8,10-12,14,16-17,27H2,1H3,(H,33,34). The van der Waals surface area contributed by atoms with E-state index in [-0.39, 0.29) is 24.4 Å². The van der Waals surface area contributed by atoms with E-state index < -0.39 is 11.9 Å². The van der Waals surface area contributed by atoms with Crippen LogP contribution in [0, 0.1) is 5.92 Å². The lowest BCUT2D eigenvalue weighted by molar-refractivity contribution is -0.143. The summed E-state index contributed by atoms with van der Waals surface area (Å²) in [6.45, 7) is 5.74. The largest absolute Gasteiger partial charge is 0.493 e. The Bertz CT molecular complexity index is 996. The number of aromatic nitrogens is 2. The second-order valence-corrected chi connectivity index (χ2v) is 9.55. The first kappa shape index (κ1) is 25.2. The Morgan fingerprint density at radius 1 is 1.31 bits per heavy atom. The highest BCUT2D eigenvalue weighted by atomic mass is 16.5. The predicted octanol–water partition coefficient (Wildman–Crippen LogP) is 1.96. The third-order valence-electron chi connectivity index (χ3n) is 7.29. The number of hydrogen-bond donors (Lipinski definition) is 2. The number of unbranched alkanes of at least 4 members (excludes halogenated alkanes) is 1. The van der Waals surface area contributed by atoms with Gasteiger partial charge in [-0.25, -0.2) is 4.98 Å². The Balaban J connectivity index is 1.58. The number of aryl methyl sites for hydroxylation is 1. The van der Waals surface area contributed by atoms with Gasteiger partial charge in [0.1, 0.15) is 5.75 Å². The summed E-state index contributed by atoms with van der Waals surface area (Å²) in [5.74, 6) is -0.718. The number of aliphatic carboxylic acids is 1. The minimum Gasteiger partial charge on any atom is -0.493 e. The molecule has 1 aromatic heterocycles. The van der Waals surface area contributed by atoms with Crippen molar-refractivity contribution >= 4 is 11.9 Å². The molecule has 3 atom stereocenters. The number of likely N-dealkylation sites (tertiary alicyclic amines) is 1. The normalized spacial score (nSPS) is 21.6. The molecule has 0 radical (unpaired) electrons. The van der Waals surface area contributed by atoms with Crippen LogP contribution >= 0.6 is 0 Å². The van der Waals surface area contributed by atoms with Gasteiger partial charge < -0.3 is 25.0 Å². The Labute approximate surface area is 206 Å². The molecule has 1 saturated heterocycles. The van der Waals surface area contributed by atoms with Crippen LogP contribution in [0.25, 0.3) is 0 Å². The van der Waals surface area contributed by atoms with Crippen LogP contribution in [-0.2, 0) is 22.6 Å². The van der Waals surface area contributed by atoms with E-state index in [1.165, 1.54) is 0 Å². The fraction of sp³-hybridized carbons (Fsp3) is 0.577. The molecule has 35 heavy (non-hydrogen) atoms. The summed E-state index contributed by atoms with van der Waals surface area (Å²) >= 11 is 0. The second-order valence-electron chi connectivity index (χ2n) is 9.55. The number of hydrogen-bond acceptors (Lipinski definition) is 6. The van der Waals surface area contributed by atoms with Gasteiger partial charge >= 0.3 is 5.97 Å². The van der Waals surface area contributed by atoms with Crippen LogP contribution in [0.4, 0.5) is 0 Å². The molecule has 1 fully saturated rings. The summed E-state index contributed by atoms with van der Waals surface area (Å²) in [6.07, 6.45) is 8.73. The third-order valence-corrected chi connectivity index (χ3v) is 7.29. The summed E-state index contributed by atoms with van der Waals surface area (Å²) in [4.78, 5) is 33.9. The van der Waals surface area contributed by atoms with Gasteiger partial charge in [-0.1, -0.05) is 25.5 Å². The van der Waals surface area contributed by atoms with E-state index in [1.807, 2.05) is 27.8 Å². The molecule has 1 aromatic carbocycles. The number of carbonyl (C=O) groups is 2. The molecule has 3 heterocycles. The molecule has 2 aliphatic heterocycles. The zero-order valence-corrected chi connectivity index (χ0v) is 20.5. The van der Waals surface area contributed by atoms with Gasteiger partial charge in [-0.3, -0.25) is 14.5 Å². The van der Waals surface area contributed by atoms with Crippen LogP contribution in [0.5, 0.6) is 5.75 Å². The lowest BCUT2D eigenvalue weighted by Gasteiger charge is -2.29. The summed E-state index contributed by atoms with van der Waals surface area (Å²) in [5, 5.41) is 10.3. The predicted molar refractivity (Wildman–Crippen MR) is 132 cm³/mol. The van der Waals surface area contributed by atoms with Crippen molar-refractivity contribution < 1.29 is 19.4 Å². The first-order valence-corrected chi connectivity index (χ1v) is 12.7. The average molecular weight is 484 g/mol. The van der Waals surface area contributed by atoms with Gasteiger partial charge in [0.05, 0.1) is 25.4 Å². The lowest BCUT2D eigenvalue weighted by atomic mass is 9.83. The number of benzene rings is 1. The third kappa shape index (κ3) is 5.85. The summed E-state index contributed by atoms with van der Waals surface area (Å²) in [6, 6.07) is 5.78. The van der Waals surface area contributed by atoms with Crippen molar-refractivity contribution in [3.05, 3.63) is 48.0 Å². The number of rotatable bonds is 12. The van der Waals surface area contributed by atoms with Crippen molar-refractivity contribution in [2.24, 2.45) is 11.7 Å². The van der Waals surface area contributed by atoms with Crippen LogP contribution < -0.4 is 10.5 Å². The zero-order valence-electron chi connectivity index (χ0n) is 20.5. The summed E-state index contributed by atoms with van der Waals surface area (Å²) in [7, 11) is 0. The molecule has 1 amide bonds. The number of carbonyl (C=O) groups excluding carboxylic acids is 1. The van der Waals surface area contributed by atoms with Crippen LogP contribution in [0.2, 0.25) is 0 Å². The van der Waals surface area contributed by atoms with Gasteiger partial charge in [0, 0.05) is 63.5 Å². The van der Waals surface area contributed by atoms with Crippen molar-refractivity contribution in [1.82, 2.24) is 19.4 Å². The Hall–Kier alpha value is -2.91. The fourth-order valence-electron chi connectivity index (χ4n) is 5.47. The number of ether oxygens (including phenoxy) is 1. The molecule has 9 nitrogen and oxygen atoms in total. The molecular formula is C26H37N5O4. The highest BCUT2D eigenvalue weighted by Crippen LogP contribution is 2.41. The highest BCUT2D eigenvalue weighted by Gasteiger charge is 2.47. The first-order valence-electron chi connectivity index (χ1n) is 12.7. The SMILES string of the molecule is CCCCN(CCN)C(=O)CN1CC(c2ccc3c(c2)CCO3)C(C(=O)O)C1CCn1ccnc1. The van der Waals surface area contributed by atoms with E-state index in [9.17, 15) is 14.7 Å². The molecule has 2 aliphatic rings. The number of nitrogens with zero attached hydrogens (tertiary/aromatic N) is 4.